The van der Waals surface area contributed by atoms with Gasteiger partial charge in [0.25, 0.3) is 0 Å². The van der Waals surface area contributed by atoms with Gasteiger partial charge in [-0.25, -0.2) is 14.6 Å². The van der Waals surface area contributed by atoms with Crippen molar-refractivity contribution in [1.82, 2.24) is 19.7 Å². The molecule has 6 nitrogen and oxygen atoms in total. The minimum Gasteiger partial charge on any atom is -0.474 e. The smallest absolute Gasteiger partial charge is 0.214 e. The Hall–Kier alpha value is -1.80. The molecule has 3 rings (SSSR count). The molecule has 0 aliphatic rings. The van der Waals surface area contributed by atoms with Crippen LogP contribution in [0.15, 0.2) is 60.0 Å². The molecule has 1 atom stereocenters. The van der Waals surface area contributed by atoms with E-state index in [4.69, 9.17) is 27.9 Å². The fraction of sp³-hybridized carbons (Fsp3) is 0.316. The maximum atomic E-state index is 11.6. The molecule has 28 heavy (non-hydrogen) atoms. The standard InChI is InChI=1S/C19H20Cl2N4O2S/c1-18(2,28-15-8-6-14(20)7-9-15)19(26,10-25-13-22-12-23-25)11-27-17-5-3-4-16(21)24-17/h3-9,12-13,26H,10-11H2,1-2H3. The Kier molecular flexibility index (Phi) is 6.50. The van der Waals surface area contributed by atoms with Crippen LogP contribution in [0.5, 0.6) is 5.88 Å². The maximum absolute atomic E-state index is 11.6. The largest absolute Gasteiger partial charge is 0.474 e. The Labute approximate surface area is 177 Å². The molecule has 0 radical (unpaired) electrons. The van der Waals surface area contributed by atoms with Gasteiger partial charge in [0.2, 0.25) is 5.88 Å². The lowest BCUT2D eigenvalue weighted by molar-refractivity contribution is -0.0461. The molecule has 3 aromatic rings. The minimum absolute atomic E-state index is 0.00616. The van der Waals surface area contributed by atoms with Gasteiger partial charge in [0, 0.05) is 20.7 Å². The van der Waals surface area contributed by atoms with Gasteiger partial charge in [0.15, 0.2) is 0 Å². The number of nitrogens with zero attached hydrogens (tertiary/aromatic N) is 4. The molecule has 0 aliphatic heterocycles. The monoisotopic (exact) mass is 438 g/mol. The van der Waals surface area contributed by atoms with Crippen molar-refractivity contribution < 1.29 is 9.84 Å². The molecule has 2 heterocycles. The van der Waals surface area contributed by atoms with Crippen molar-refractivity contribution in [3.05, 3.63) is 65.3 Å². The van der Waals surface area contributed by atoms with Gasteiger partial charge in [-0.1, -0.05) is 29.3 Å². The zero-order chi connectivity index (χ0) is 20.2. The van der Waals surface area contributed by atoms with Crippen molar-refractivity contribution >= 4 is 35.0 Å². The molecule has 0 amide bonds. The number of pyridine rings is 1. The highest BCUT2D eigenvalue weighted by molar-refractivity contribution is 8.00. The predicted molar refractivity (Wildman–Crippen MR) is 111 cm³/mol. The van der Waals surface area contributed by atoms with Crippen molar-refractivity contribution in [3.8, 4) is 5.88 Å². The summed E-state index contributed by atoms with van der Waals surface area (Å²) < 4.78 is 6.74. The van der Waals surface area contributed by atoms with Gasteiger partial charge >= 0.3 is 0 Å². The topological polar surface area (TPSA) is 73.1 Å². The number of benzene rings is 1. The van der Waals surface area contributed by atoms with Crippen LogP contribution in [0.2, 0.25) is 10.2 Å². The number of ether oxygens (including phenoxy) is 1. The van der Waals surface area contributed by atoms with E-state index >= 15 is 0 Å². The van der Waals surface area contributed by atoms with Crippen LogP contribution in [0.3, 0.4) is 0 Å². The van der Waals surface area contributed by atoms with Gasteiger partial charge in [-0.05, 0) is 44.2 Å². The maximum Gasteiger partial charge on any atom is 0.214 e. The van der Waals surface area contributed by atoms with E-state index in [1.165, 1.54) is 18.1 Å². The van der Waals surface area contributed by atoms with Gasteiger partial charge in [0.1, 0.15) is 30.0 Å². The van der Waals surface area contributed by atoms with Crippen LogP contribution in [0.1, 0.15) is 13.8 Å². The van der Waals surface area contributed by atoms with Crippen molar-refractivity contribution in [1.29, 1.82) is 0 Å². The molecule has 0 aliphatic carbocycles. The Balaban J connectivity index is 1.84. The number of aliphatic hydroxyl groups is 1. The summed E-state index contributed by atoms with van der Waals surface area (Å²) in [5.41, 5.74) is -1.30. The summed E-state index contributed by atoms with van der Waals surface area (Å²) in [5, 5.41) is 16.8. The molecular formula is C19H20Cl2N4O2S. The molecular weight excluding hydrogens is 419 g/mol. The van der Waals surface area contributed by atoms with Crippen molar-refractivity contribution in [2.75, 3.05) is 6.61 Å². The molecule has 0 saturated heterocycles. The van der Waals surface area contributed by atoms with E-state index < -0.39 is 10.3 Å². The first kappa shape index (κ1) is 20.9. The van der Waals surface area contributed by atoms with E-state index in [-0.39, 0.29) is 13.2 Å². The van der Waals surface area contributed by atoms with Crippen molar-refractivity contribution in [3.63, 3.8) is 0 Å². The average molecular weight is 439 g/mol. The molecule has 9 heteroatoms. The van der Waals surface area contributed by atoms with Crippen molar-refractivity contribution in [2.24, 2.45) is 0 Å². The Morgan fingerprint density at radius 2 is 1.89 bits per heavy atom. The first-order valence-corrected chi connectivity index (χ1v) is 10.1. The van der Waals surface area contributed by atoms with E-state index in [1.54, 1.807) is 29.2 Å². The van der Waals surface area contributed by atoms with Gasteiger partial charge in [0.05, 0.1) is 6.54 Å². The summed E-state index contributed by atoms with van der Waals surface area (Å²) in [4.78, 5) is 9.06. The van der Waals surface area contributed by atoms with Crippen LogP contribution in [0.25, 0.3) is 0 Å². The number of hydrogen-bond donors (Lipinski definition) is 1. The van der Waals surface area contributed by atoms with Crippen LogP contribution < -0.4 is 4.74 Å². The molecule has 0 saturated carbocycles. The molecule has 0 fully saturated rings. The highest BCUT2D eigenvalue weighted by Gasteiger charge is 2.46. The molecule has 2 aromatic heterocycles. The number of thioether (sulfide) groups is 1. The van der Waals surface area contributed by atoms with Crippen LogP contribution in [-0.2, 0) is 6.54 Å². The third kappa shape index (κ3) is 5.17. The van der Waals surface area contributed by atoms with E-state index in [0.717, 1.165) is 4.90 Å². The summed E-state index contributed by atoms with van der Waals surface area (Å²) >= 11 is 13.4. The molecule has 0 spiro atoms. The zero-order valence-electron chi connectivity index (χ0n) is 15.4. The van der Waals surface area contributed by atoms with Gasteiger partial charge < -0.3 is 9.84 Å². The highest BCUT2D eigenvalue weighted by atomic mass is 35.5. The highest BCUT2D eigenvalue weighted by Crippen LogP contribution is 2.42. The summed E-state index contributed by atoms with van der Waals surface area (Å²) in [7, 11) is 0. The van der Waals surface area contributed by atoms with Gasteiger partial charge in [-0.2, -0.15) is 5.10 Å². The number of halogens is 2. The molecule has 1 unspecified atom stereocenters. The molecule has 1 aromatic carbocycles. The second kappa shape index (κ2) is 8.69. The van der Waals surface area contributed by atoms with Gasteiger partial charge in [-0.15, -0.1) is 11.8 Å². The second-order valence-electron chi connectivity index (χ2n) is 6.78. The van der Waals surface area contributed by atoms with E-state index in [1.807, 2.05) is 38.1 Å². The normalized spacial score (nSPS) is 13.9. The fourth-order valence-corrected chi connectivity index (χ4v) is 4.00. The summed E-state index contributed by atoms with van der Waals surface area (Å²) in [5.74, 6) is 0.344. The molecule has 1 N–H and O–H groups in total. The lowest BCUT2D eigenvalue weighted by Crippen LogP contribution is -2.55. The number of rotatable bonds is 8. The predicted octanol–water partition coefficient (Wildman–Crippen LogP) is 4.36. The van der Waals surface area contributed by atoms with Gasteiger partial charge in [-0.3, -0.25) is 0 Å². The van der Waals surface area contributed by atoms with Crippen LogP contribution >= 0.6 is 35.0 Å². The third-order valence-corrected chi connectivity index (χ3v) is 6.21. The second-order valence-corrected chi connectivity index (χ2v) is 9.30. The van der Waals surface area contributed by atoms with E-state index in [9.17, 15) is 5.11 Å². The third-order valence-electron chi connectivity index (χ3n) is 4.35. The minimum atomic E-state index is -1.30. The molecule has 148 valence electrons. The fourth-order valence-electron chi connectivity index (χ4n) is 2.55. The molecule has 0 bridgehead atoms. The summed E-state index contributed by atoms with van der Waals surface area (Å²) in [6.07, 6.45) is 2.99. The quantitative estimate of drug-likeness (QED) is 0.415. The van der Waals surface area contributed by atoms with E-state index in [2.05, 4.69) is 15.1 Å². The summed E-state index contributed by atoms with van der Waals surface area (Å²) in [6, 6.07) is 12.6. The Morgan fingerprint density at radius 1 is 1.14 bits per heavy atom. The Bertz CT molecular complexity index is 907. The summed E-state index contributed by atoms with van der Waals surface area (Å²) in [6.45, 7) is 4.10. The lowest BCUT2D eigenvalue weighted by atomic mass is 9.90. The number of aromatic nitrogens is 4. The van der Waals surface area contributed by atoms with Crippen LogP contribution in [0.4, 0.5) is 0 Å². The Morgan fingerprint density at radius 3 is 2.54 bits per heavy atom. The van der Waals surface area contributed by atoms with Crippen LogP contribution in [0, 0.1) is 0 Å². The number of hydrogen-bond acceptors (Lipinski definition) is 6. The van der Waals surface area contributed by atoms with E-state index in [0.29, 0.717) is 16.1 Å². The first-order chi connectivity index (χ1) is 13.3. The lowest BCUT2D eigenvalue weighted by Gasteiger charge is -2.41. The SMILES string of the molecule is CC(C)(Sc1ccc(Cl)cc1)C(O)(COc1cccc(Cl)n1)Cn1cncn1. The van der Waals surface area contributed by atoms with Crippen LogP contribution in [-0.4, -0.2) is 41.8 Å². The van der Waals surface area contributed by atoms with Crippen molar-refractivity contribution in [2.45, 2.75) is 35.6 Å². The average Bonchev–Trinajstić information content (AvgIpc) is 3.14. The first-order valence-electron chi connectivity index (χ1n) is 8.52. The zero-order valence-corrected chi connectivity index (χ0v) is 17.7.